The molecule has 1 aliphatic heterocycles. The van der Waals surface area contributed by atoms with E-state index in [-0.39, 0.29) is 11.3 Å². The fraction of sp³-hybridized carbons (Fsp3) is 0.261. The zero-order chi connectivity index (χ0) is 22.7. The van der Waals surface area contributed by atoms with Crippen molar-refractivity contribution in [2.24, 2.45) is 0 Å². The summed E-state index contributed by atoms with van der Waals surface area (Å²) in [7, 11) is 1.52. The third-order valence-electron chi connectivity index (χ3n) is 5.16. The Labute approximate surface area is 186 Å². The van der Waals surface area contributed by atoms with E-state index in [0.29, 0.717) is 16.3 Å². The second-order valence-electron chi connectivity index (χ2n) is 6.99. The average molecular weight is 442 g/mol. The molecule has 0 aromatic heterocycles. The summed E-state index contributed by atoms with van der Waals surface area (Å²) in [5.74, 6) is -0.984. The Morgan fingerprint density at radius 2 is 1.81 bits per heavy atom. The molecule has 4 amide bonds. The van der Waals surface area contributed by atoms with E-state index in [0.717, 1.165) is 29.2 Å². The number of halogens is 1. The standard InChI is InChI=1S/C23H24ClN3O4/c1-5-26(6-2)16-10-8-15(20(13-16)31-4)11-18-21(28)25-23(30)27(22(18)29)17-9-7-14(3)19(24)12-17/h7-13H,5-6H2,1-4H3,(H,25,28,30)/b18-11-. The highest BCUT2D eigenvalue weighted by atomic mass is 35.5. The summed E-state index contributed by atoms with van der Waals surface area (Å²) < 4.78 is 5.49. The van der Waals surface area contributed by atoms with Crippen LogP contribution in [0.5, 0.6) is 5.75 Å². The normalized spacial score (nSPS) is 15.3. The molecular formula is C23H24ClN3O4. The molecule has 162 valence electrons. The zero-order valence-corrected chi connectivity index (χ0v) is 18.6. The van der Waals surface area contributed by atoms with Crippen LogP contribution in [0.3, 0.4) is 0 Å². The van der Waals surface area contributed by atoms with Gasteiger partial charge in [-0.15, -0.1) is 0 Å². The number of ether oxygens (including phenoxy) is 1. The molecule has 0 radical (unpaired) electrons. The molecule has 0 atom stereocenters. The van der Waals surface area contributed by atoms with E-state index >= 15 is 0 Å². The number of hydrogen-bond donors (Lipinski definition) is 1. The van der Waals surface area contributed by atoms with Gasteiger partial charge >= 0.3 is 6.03 Å². The van der Waals surface area contributed by atoms with E-state index in [1.165, 1.54) is 19.3 Å². The summed E-state index contributed by atoms with van der Waals surface area (Å²) >= 11 is 6.16. The number of nitrogens with one attached hydrogen (secondary N) is 1. The van der Waals surface area contributed by atoms with Crippen molar-refractivity contribution >= 4 is 46.9 Å². The minimum absolute atomic E-state index is 0.176. The quantitative estimate of drug-likeness (QED) is 0.537. The molecule has 1 fully saturated rings. The molecule has 2 aromatic carbocycles. The van der Waals surface area contributed by atoms with Gasteiger partial charge in [0.25, 0.3) is 11.8 Å². The number of hydrogen-bond acceptors (Lipinski definition) is 5. The van der Waals surface area contributed by atoms with Gasteiger partial charge in [0.1, 0.15) is 11.3 Å². The van der Waals surface area contributed by atoms with Crippen molar-refractivity contribution in [3.05, 3.63) is 58.1 Å². The molecule has 0 unspecified atom stereocenters. The van der Waals surface area contributed by atoms with Crippen LogP contribution in [-0.4, -0.2) is 38.0 Å². The number of barbiturate groups is 1. The van der Waals surface area contributed by atoms with Crippen LogP contribution in [0.1, 0.15) is 25.0 Å². The first kappa shape index (κ1) is 22.4. The number of urea groups is 1. The molecule has 3 rings (SSSR count). The maximum absolute atomic E-state index is 13.1. The van der Waals surface area contributed by atoms with Gasteiger partial charge in [-0.25, -0.2) is 9.69 Å². The van der Waals surface area contributed by atoms with Gasteiger partial charge in [0, 0.05) is 35.4 Å². The smallest absolute Gasteiger partial charge is 0.335 e. The van der Waals surface area contributed by atoms with Crippen molar-refractivity contribution < 1.29 is 19.1 Å². The van der Waals surface area contributed by atoms with Crippen LogP contribution in [0.15, 0.2) is 42.0 Å². The Bertz CT molecular complexity index is 1080. The number of methoxy groups -OCH3 is 1. The highest BCUT2D eigenvalue weighted by molar-refractivity contribution is 6.39. The highest BCUT2D eigenvalue weighted by Crippen LogP contribution is 2.30. The first-order chi connectivity index (χ1) is 14.8. The van der Waals surface area contributed by atoms with Crippen LogP contribution in [0.2, 0.25) is 5.02 Å². The predicted octanol–water partition coefficient (Wildman–Crippen LogP) is 4.17. The van der Waals surface area contributed by atoms with Gasteiger partial charge in [-0.3, -0.25) is 14.9 Å². The number of carbonyl (C=O) groups is 3. The number of amides is 4. The Morgan fingerprint density at radius 3 is 2.42 bits per heavy atom. The van der Waals surface area contributed by atoms with Crippen LogP contribution in [0.4, 0.5) is 16.2 Å². The number of imide groups is 2. The number of benzene rings is 2. The number of aryl methyl sites for hydroxylation is 1. The first-order valence-corrected chi connectivity index (χ1v) is 10.3. The SMILES string of the molecule is CCN(CC)c1ccc(/C=C2/C(=O)NC(=O)N(c3ccc(C)c(Cl)c3)C2=O)c(OC)c1. The maximum Gasteiger partial charge on any atom is 0.335 e. The predicted molar refractivity (Wildman–Crippen MR) is 122 cm³/mol. The van der Waals surface area contributed by atoms with Crippen LogP contribution in [0, 0.1) is 6.92 Å². The Hall–Kier alpha value is -3.32. The molecule has 31 heavy (non-hydrogen) atoms. The monoisotopic (exact) mass is 441 g/mol. The van der Waals surface area contributed by atoms with Crippen molar-refractivity contribution in [1.29, 1.82) is 0 Å². The van der Waals surface area contributed by atoms with Gasteiger partial charge < -0.3 is 9.64 Å². The average Bonchev–Trinajstić information content (AvgIpc) is 2.74. The lowest BCUT2D eigenvalue weighted by atomic mass is 10.0. The van der Waals surface area contributed by atoms with Gasteiger partial charge in [-0.1, -0.05) is 17.7 Å². The third-order valence-corrected chi connectivity index (χ3v) is 5.57. The Morgan fingerprint density at radius 1 is 1.10 bits per heavy atom. The van der Waals surface area contributed by atoms with E-state index in [2.05, 4.69) is 24.1 Å². The largest absolute Gasteiger partial charge is 0.496 e. The molecule has 8 heteroatoms. The fourth-order valence-electron chi connectivity index (χ4n) is 3.37. The van der Waals surface area contributed by atoms with Gasteiger partial charge in [-0.05, 0) is 56.7 Å². The Balaban J connectivity index is 2.02. The number of nitrogens with zero attached hydrogens (tertiary/aromatic N) is 2. The molecule has 1 aliphatic rings. The lowest BCUT2D eigenvalue weighted by Gasteiger charge is -2.27. The fourth-order valence-corrected chi connectivity index (χ4v) is 3.55. The van der Waals surface area contributed by atoms with Gasteiger partial charge in [0.2, 0.25) is 0 Å². The lowest BCUT2D eigenvalue weighted by Crippen LogP contribution is -2.54. The molecule has 1 heterocycles. The second-order valence-corrected chi connectivity index (χ2v) is 7.40. The maximum atomic E-state index is 13.1. The summed E-state index contributed by atoms with van der Waals surface area (Å²) in [6.45, 7) is 7.58. The molecule has 1 N–H and O–H groups in total. The van der Waals surface area contributed by atoms with E-state index in [9.17, 15) is 14.4 Å². The number of anilines is 2. The second kappa shape index (κ2) is 9.22. The molecule has 0 saturated carbocycles. The van der Waals surface area contributed by atoms with Gasteiger partial charge in [-0.2, -0.15) is 0 Å². The summed E-state index contributed by atoms with van der Waals surface area (Å²) in [6.07, 6.45) is 1.43. The minimum Gasteiger partial charge on any atom is -0.496 e. The summed E-state index contributed by atoms with van der Waals surface area (Å²) in [4.78, 5) is 41.0. The highest BCUT2D eigenvalue weighted by Gasteiger charge is 2.37. The molecule has 0 bridgehead atoms. The van der Waals surface area contributed by atoms with Gasteiger partial charge in [0.15, 0.2) is 0 Å². The van der Waals surface area contributed by atoms with Crippen molar-refractivity contribution in [2.75, 3.05) is 30.0 Å². The third kappa shape index (κ3) is 4.41. The van der Waals surface area contributed by atoms with Crippen molar-refractivity contribution in [3.63, 3.8) is 0 Å². The first-order valence-electron chi connectivity index (χ1n) is 9.91. The van der Waals surface area contributed by atoms with E-state index < -0.39 is 17.8 Å². The van der Waals surface area contributed by atoms with Crippen LogP contribution in [-0.2, 0) is 9.59 Å². The van der Waals surface area contributed by atoms with Crippen molar-refractivity contribution in [3.8, 4) is 5.75 Å². The topological polar surface area (TPSA) is 79.0 Å². The molecule has 7 nitrogen and oxygen atoms in total. The summed E-state index contributed by atoms with van der Waals surface area (Å²) in [5, 5.41) is 2.63. The number of carbonyl (C=O) groups excluding carboxylic acids is 3. The Kier molecular flexibility index (Phi) is 6.65. The lowest BCUT2D eigenvalue weighted by molar-refractivity contribution is -0.122. The van der Waals surface area contributed by atoms with Crippen molar-refractivity contribution in [1.82, 2.24) is 5.32 Å². The minimum atomic E-state index is -0.823. The molecule has 0 aliphatic carbocycles. The van der Waals surface area contributed by atoms with Crippen LogP contribution < -0.4 is 19.9 Å². The summed E-state index contributed by atoms with van der Waals surface area (Å²) in [5.41, 5.74) is 2.42. The molecule has 1 saturated heterocycles. The molecule has 2 aromatic rings. The van der Waals surface area contributed by atoms with E-state index in [1.54, 1.807) is 18.2 Å². The van der Waals surface area contributed by atoms with Gasteiger partial charge in [0.05, 0.1) is 12.8 Å². The zero-order valence-electron chi connectivity index (χ0n) is 17.9. The van der Waals surface area contributed by atoms with Crippen LogP contribution >= 0.6 is 11.6 Å². The van der Waals surface area contributed by atoms with E-state index in [1.807, 2.05) is 19.1 Å². The van der Waals surface area contributed by atoms with Crippen molar-refractivity contribution in [2.45, 2.75) is 20.8 Å². The molecule has 0 spiro atoms. The van der Waals surface area contributed by atoms with E-state index in [4.69, 9.17) is 16.3 Å². The molecular weight excluding hydrogens is 418 g/mol. The van der Waals surface area contributed by atoms with Crippen LogP contribution in [0.25, 0.3) is 6.08 Å². The summed E-state index contributed by atoms with van der Waals surface area (Å²) in [6, 6.07) is 9.53. The number of rotatable bonds is 6.